The van der Waals surface area contributed by atoms with Crippen LogP contribution < -0.4 is 14.2 Å². The Balaban J connectivity index is 2.16. The molecule has 21 heavy (non-hydrogen) atoms. The smallest absolute Gasteiger partial charge is 0.353 e. The fraction of sp³-hybridized carbons (Fsp3) is 0.231. The zero-order chi connectivity index (χ0) is 15.0. The SMILES string of the molecule is COc1c(-c2cc(C(=O)O)[nH]n2)cc2c(c1Br)OCCO2. The van der Waals surface area contributed by atoms with Gasteiger partial charge in [-0.25, -0.2) is 4.79 Å². The number of carboxylic acid groups (broad SMARTS) is 1. The van der Waals surface area contributed by atoms with Crippen LogP contribution in [0.15, 0.2) is 16.6 Å². The Hall–Kier alpha value is -2.22. The van der Waals surface area contributed by atoms with E-state index in [0.29, 0.717) is 46.2 Å². The van der Waals surface area contributed by atoms with Crippen LogP contribution in [0.1, 0.15) is 10.5 Å². The molecule has 0 spiro atoms. The zero-order valence-electron chi connectivity index (χ0n) is 11.0. The summed E-state index contributed by atoms with van der Waals surface area (Å²) in [5.41, 5.74) is 1.05. The first kappa shape index (κ1) is 13.7. The van der Waals surface area contributed by atoms with E-state index in [1.54, 1.807) is 6.07 Å². The highest BCUT2D eigenvalue weighted by molar-refractivity contribution is 9.10. The van der Waals surface area contributed by atoms with Gasteiger partial charge in [-0.2, -0.15) is 5.10 Å². The zero-order valence-corrected chi connectivity index (χ0v) is 12.6. The van der Waals surface area contributed by atoms with Crippen molar-refractivity contribution in [2.45, 2.75) is 0 Å². The van der Waals surface area contributed by atoms with Gasteiger partial charge in [0.2, 0.25) is 0 Å². The van der Waals surface area contributed by atoms with Crippen LogP contribution in [0.5, 0.6) is 17.2 Å². The lowest BCUT2D eigenvalue weighted by atomic mass is 10.1. The van der Waals surface area contributed by atoms with Gasteiger partial charge in [-0.1, -0.05) is 0 Å². The molecule has 3 rings (SSSR count). The Bertz CT molecular complexity index is 713. The van der Waals surface area contributed by atoms with E-state index in [-0.39, 0.29) is 5.69 Å². The summed E-state index contributed by atoms with van der Waals surface area (Å²) in [5.74, 6) is 0.548. The molecule has 0 fully saturated rings. The number of carbonyl (C=O) groups is 1. The second-order valence-electron chi connectivity index (χ2n) is 4.27. The molecule has 1 aromatic heterocycles. The minimum absolute atomic E-state index is 0.00179. The molecule has 1 aliphatic heterocycles. The number of methoxy groups -OCH3 is 1. The van der Waals surface area contributed by atoms with Crippen LogP contribution in [0.4, 0.5) is 0 Å². The first-order valence-corrected chi connectivity index (χ1v) is 6.86. The van der Waals surface area contributed by atoms with Crippen molar-refractivity contribution in [2.75, 3.05) is 20.3 Å². The van der Waals surface area contributed by atoms with E-state index < -0.39 is 5.97 Å². The molecule has 8 heteroatoms. The Labute approximate surface area is 128 Å². The number of aromatic carboxylic acids is 1. The number of fused-ring (bicyclic) bond motifs is 1. The summed E-state index contributed by atoms with van der Waals surface area (Å²) < 4.78 is 17.1. The van der Waals surface area contributed by atoms with E-state index in [4.69, 9.17) is 19.3 Å². The van der Waals surface area contributed by atoms with Crippen molar-refractivity contribution in [3.05, 3.63) is 22.3 Å². The van der Waals surface area contributed by atoms with Crippen LogP contribution in [-0.2, 0) is 0 Å². The molecule has 2 heterocycles. The Kier molecular flexibility index (Phi) is 3.46. The summed E-state index contributed by atoms with van der Waals surface area (Å²) in [6.45, 7) is 0.909. The summed E-state index contributed by atoms with van der Waals surface area (Å²) in [4.78, 5) is 10.9. The van der Waals surface area contributed by atoms with E-state index in [1.807, 2.05) is 0 Å². The van der Waals surface area contributed by atoms with Gasteiger partial charge in [0.15, 0.2) is 11.5 Å². The van der Waals surface area contributed by atoms with Crippen molar-refractivity contribution < 1.29 is 24.1 Å². The summed E-state index contributed by atoms with van der Waals surface area (Å²) in [6, 6.07) is 3.16. The van der Waals surface area contributed by atoms with Crippen molar-refractivity contribution in [3.63, 3.8) is 0 Å². The van der Waals surface area contributed by atoms with Crippen molar-refractivity contribution in [2.24, 2.45) is 0 Å². The van der Waals surface area contributed by atoms with Crippen molar-refractivity contribution >= 4 is 21.9 Å². The number of hydrogen-bond donors (Lipinski definition) is 2. The first-order chi connectivity index (χ1) is 10.1. The predicted molar refractivity (Wildman–Crippen MR) is 76.2 cm³/mol. The molecule has 0 radical (unpaired) electrons. The average Bonchev–Trinajstić information content (AvgIpc) is 2.97. The number of aromatic nitrogens is 2. The number of rotatable bonds is 3. The van der Waals surface area contributed by atoms with Crippen molar-refractivity contribution in [1.82, 2.24) is 10.2 Å². The molecule has 0 aliphatic carbocycles. The molecule has 0 amide bonds. The quantitative estimate of drug-likeness (QED) is 0.878. The van der Waals surface area contributed by atoms with Gasteiger partial charge in [-0.05, 0) is 28.1 Å². The van der Waals surface area contributed by atoms with Crippen molar-refractivity contribution in [1.29, 1.82) is 0 Å². The van der Waals surface area contributed by atoms with Gasteiger partial charge in [-0.3, -0.25) is 5.10 Å². The number of benzene rings is 1. The lowest BCUT2D eigenvalue weighted by Gasteiger charge is -2.22. The monoisotopic (exact) mass is 354 g/mol. The highest BCUT2D eigenvalue weighted by Gasteiger charge is 2.24. The summed E-state index contributed by atoms with van der Waals surface area (Å²) >= 11 is 3.43. The van der Waals surface area contributed by atoms with Gasteiger partial charge in [0.25, 0.3) is 0 Å². The number of ether oxygens (including phenoxy) is 3. The summed E-state index contributed by atoms with van der Waals surface area (Å²) in [6.07, 6.45) is 0. The molecule has 2 N–H and O–H groups in total. The maximum absolute atomic E-state index is 10.9. The van der Waals surface area contributed by atoms with Crippen LogP contribution in [0, 0.1) is 0 Å². The minimum atomic E-state index is -1.08. The van der Waals surface area contributed by atoms with Gasteiger partial charge >= 0.3 is 5.97 Å². The number of nitrogens with one attached hydrogen (secondary N) is 1. The van der Waals surface area contributed by atoms with Crippen LogP contribution in [-0.4, -0.2) is 41.6 Å². The molecule has 0 bridgehead atoms. The highest BCUT2D eigenvalue weighted by atomic mass is 79.9. The standard InChI is InChI=1S/C13H11BrN2O5/c1-19-11-6(7-5-8(13(17)18)16-15-7)4-9-12(10(11)14)21-3-2-20-9/h4-5H,2-3H2,1H3,(H,15,16)(H,17,18). The van der Waals surface area contributed by atoms with E-state index in [2.05, 4.69) is 26.1 Å². The molecule has 110 valence electrons. The Morgan fingerprint density at radius 1 is 1.43 bits per heavy atom. The van der Waals surface area contributed by atoms with Gasteiger partial charge in [0.05, 0.1) is 12.8 Å². The minimum Gasteiger partial charge on any atom is -0.495 e. The fourth-order valence-corrected chi connectivity index (χ4v) is 2.77. The third-order valence-corrected chi connectivity index (χ3v) is 3.74. The molecule has 0 atom stereocenters. The number of hydrogen-bond acceptors (Lipinski definition) is 5. The molecule has 1 aliphatic rings. The Morgan fingerprint density at radius 3 is 2.86 bits per heavy atom. The number of nitrogens with zero attached hydrogens (tertiary/aromatic N) is 1. The summed E-state index contributed by atoms with van der Waals surface area (Å²) in [5, 5.41) is 15.4. The molecule has 0 saturated heterocycles. The van der Waals surface area contributed by atoms with Crippen LogP contribution in [0.25, 0.3) is 11.3 Å². The number of halogens is 1. The Morgan fingerprint density at radius 2 is 2.19 bits per heavy atom. The normalized spacial score (nSPS) is 13.0. The average molecular weight is 355 g/mol. The topological polar surface area (TPSA) is 93.7 Å². The molecule has 0 saturated carbocycles. The number of H-pyrrole nitrogens is 1. The third kappa shape index (κ3) is 2.31. The first-order valence-electron chi connectivity index (χ1n) is 6.07. The second kappa shape index (κ2) is 5.28. The fourth-order valence-electron chi connectivity index (χ4n) is 2.09. The third-order valence-electron chi connectivity index (χ3n) is 3.02. The van der Waals surface area contributed by atoms with Gasteiger partial charge in [0, 0.05) is 5.56 Å². The molecule has 1 aromatic carbocycles. The van der Waals surface area contributed by atoms with Crippen LogP contribution >= 0.6 is 15.9 Å². The molecule has 2 aromatic rings. The molecule has 0 unspecified atom stereocenters. The molecular formula is C13H11BrN2O5. The summed E-state index contributed by atoms with van der Waals surface area (Å²) in [7, 11) is 1.52. The van der Waals surface area contributed by atoms with Crippen LogP contribution in [0.3, 0.4) is 0 Å². The van der Waals surface area contributed by atoms with E-state index >= 15 is 0 Å². The van der Waals surface area contributed by atoms with Gasteiger partial charge < -0.3 is 19.3 Å². The van der Waals surface area contributed by atoms with Gasteiger partial charge in [0.1, 0.15) is 29.1 Å². The van der Waals surface area contributed by atoms with Crippen LogP contribution in [0.2, 0.25) is 0 Å². The van der Waals surface area contributed by atoms with Gasteiger partial charge in [-0.15, -0.1) is 0 Å². The second-order valence-corrected chi connectivity index (χ2v) is 5.06. The largest absolute Gasteiger partial charge is 0.495 e. The highest BCUT2D eigenvalue weighted by Crippen LogP contribution is 2.48. The number of carboxylic acids is 1. The maximum Gasteiger partial charge on any atom is 0.353 e. The predicted octanol–water partition coefficient (Wildman–Crippen LogP) is 2.32. The van der Waals surface area contributed by atoms with E-state index in [9.17, 15) is 4.79 Å². The maximum atomic E-state index is 10.9. The molecule has 7 nitrogen and oxygen atoms in total. The lowest BCUT2D eigenvalue weighted by molar-refractivity contribution is 0.0690. The van der Waals surface area contributed by atoms with E-state index in [1.165, 1.54) is 13.2 Å². The molecular weight excluding hydrogens is 344 g/mol. The van der Waals surface area contributed by atoms with E-state index in [0.717, 1.165) is 0 Å². The lowest BCUT2D eigenvalue weighted by Crippen LogP contribution is -2.16. The van der Waals surface area contributed by atoms with Crippen molar-refractivity contribution in [3.8, 4) is 28.5 Å². The number of aromatic amines is 1.